The Balaban J connectivity index is 2.07. The van der Waals surface area contributed by atoms with E-state index in [-0.39, 0.29) is 5.56 Å². The quantitative estimate of drug-likeness (QED) is 0.855. The average Bonchev–Trinajstić information content (AvgIpc) is 2.37. The Morgan fingerprint density at radius 3 is 2.67 bits per heavy atom. The third-order valence-corrected chi connectivity index (χ3v) is 4.15. The fraction of sp³-hybridized carbons (Fsp3) is 0.312. The number of rotatable bonds is 2. The summed E-state index contributed by atoms with van der Waals surface area (Å²) in [7, 11) is 0. The largest absolute Gasteiger partial charge is 0.329 e. The molecule has 0 unspecified atom stereocenters. The van der Waals surface area contributed by atoms with E-state index in [0.29, 0.717) is 5.41 Å². The Labute approximate surface area is 107 Å². The molecule has 0 radical (unpaired) electrons. The first-order valence-corrected chi connectivity index (χ1v) is 6.48. The molecule has 1 saturated carbocycles. The van der Waals surface area contributed by atoms with Crippen molar-refractivity contribution < 1.29 is 0 Å². The maximum atomic E-state index is 11.8. The predicted octanol–water partition coefficient (Wildman–Crippen LogP) is 3.48. The SMILES string of the molecule is CC1(c2cccc(-c3ccc[nH]c3=O)c2)CCC1. The van der Waals surface area contributed by atoms with Gasteiger partial charge in [0.15, 0.2) is 0 Å². The monoisotopic (exact) mass is 239 g/mol. The number of pyridine rings is 1. The van der Waals surface area contributed by atoms with Crippen LogP contribution in [-0.2, 0) is 5.41 Å². The maximum Gasteiger partial charge on any atom is 0.255 e. The molecule has 0 amide bonds. The van der Waals surface area contributed by atoms with Crippen LogP contribution in [0.25, 0.3) is 11.1 Å². The highest BCUT2D eigenvalue weighted by molar-refractivity contribution is 5.63. The summed E-state index contributed by atoms with van der Waals surface area (Å²) < 4.78 is 0. The van der Waals surface area contributed by atoms with E-state index in [9.17, 15) is 4.79 Å². The Hall–Kier alpha value is -1.83. The van der Waals surface area contributed by atoms with Gasteiger partial charge in [-0.3, -0.25) is 4.79 Å². The van der Waals surface area contributed by atoms with E-state index in [1.165, 1.54) is 24.8 Å². The molecular formula is C16H17NO. The second-order valence-corrected chi connectivity index (χ2v) is 5.41. The maximum absolute atomic E-state index is 11.8. The summed E-state index contributed by atoms with van der Waals surface area (Å²) in [4.78, 5) is 14.5. The number of aromatic nitrogens is 1. The molecule has 3 rings (SSSR count). The Morgan fingerprint density at radius 2 is 2.00 bits per heavy atom. The van der Waals surface area contributed by atoms with Gasteiger partial charge < -0.3 is 4.98 Å². The van der Waals surface area contributed by atoms with Gasteiger partial charge in [0.1, 0.15) is 0 Å². The predicted molar refractivity (Wildman–Crippen MR) is 73.7 cm³/mol. The lowest BCUT2D eigenvalue weighted by molar-refractivity contribution is 0.272. The zero-order valence-electron chi connectivity index (χ0n) is 10.6. The number of hydrogen-bond acceptors (Lipinski definition) is 1. The highest BCUT2D eigenvalue weighted by Crippen LogP contribution is 2.43. The van der Waals surface area contributed by atoms with Crippen LogP contribution in [0.4, 0.5) is 0 Å². The molecule has 1 fully saturated rings. The van der Waals surface area contributed by atoms with Crippen LogP contribution >= 0.6 is 0 Å². The molecular weight excluding hydrogens is 222 g/mol. The van der Waals surface area contributed by atoms with Crippen molar-refractivity contribution in [3.8, 4) is 11.1 Å². The molecule has 18 heavy (non-hydrogen) atoms. The molecule has 1 aliphatic rings. The first kappa shape index (κ1) is 11.3. The minimum atomic E-state index is -0.0200. The summed E-state index contributed by atoms with van der Waals surface area (Å²) in [5.41, 5.74) is 3.42. The molecule has 1 heterocycles. The summed E-state index contributed by atoms with van der Waals surface area (Å²) in [5, 5.41) is 0. The van der Waals surface area contributed by atoms with Gasteiger partial charge in [0, 0.05) is 11.8 Å². The first-order chi connectivity index (χ1) is 8.69. The molecule has 1 N–H and O–H groups in total. The van der Waals surface area contributed by atoms with E-state index in [0.717, 1.165) is 11.1 Å². The molecule has 0 bridgehead atoms. The van der Waals surface area contributed by atoms with Crippen LogP contribution in [0.2, 0.25) is 0 Å². The van der Waals surface area contributed by atoms with E-state index in [1.807, 2.05) is 18.2 Å². The van der Waals surface area contributed by atoms with Crippen LogP contribution in [-0.4, -0.2) is 4.98 Å². The Bertz CT molecular complexity index is 623. The van der Waals surface area contributed by atoms with Crippen molar-refractivity contribution in [1.82, 2.24) is 4.98 Å². The number of H-pyrrole nitrogens is 1. The standard InChI is InChI=1S/C16H17NO/c1-16(8-4-9-16)13-6-2-5-12(11-13)14-7-3-10-17-15(14)18/h2-3,5-7,10-11H,4,8-9H2,1H3,(H,17,18). The van der Waals surface area contributed by atoms with Gasteiger partial charge in [0.05, 0.1) is 0 Å². The lowest BCUT2D eigenvalue weighted by atomic mass is 9.66. The fourth-order valence-electron chi connectivity index (χ4n) is 2.71. The molecule has 1 aromatic carbocycles. The number of nitrogens with one attached hydrogen (secondary N) is 1. The van der Waals surface area contributed by atoms with Gasteiger partial charge in [-0.25, -0.2) is 0 Å². The molecule has 0 saturated heterocycles. The molecule has 0 aliphatic heterocycles. The summed E-state index contributed by atoms with van der Waals surface area (Å²) >= 11 is 0. The molecule has 0 atom stereocenters. The van der Waals surface area contributed by atoms with E-state index in [2.05, 4.69) is 30.1 Å². The summed E-state index contributed by atoms with van der Waals surface area (Å²) in [6, 6.07) is 12.2. The summed E-state index contributed by atoms with van der Waals surface area (Å²) in [5.74, 6) is 0. The van der Waals surface area contributed by atoms with Crippen LogP contribution in [0.5, 0.6) is 0 Å². The van der Waals surface area contributed by atoms with Crippen molar-refractivity contribution in [2.75, 3.05) is 0 Å². The molecule has 1 aliphatic carbocycles. The zero-order chi connectivity index (χ0) is 12.6. The second kappa shape index (κ2) is 4.13. The normalized spacial score (nSPS) is 17.2. The lowest BCUT2D eigenvalue weighted by Gasteiger charge is -2.39. The Kier molecular flexibility index (Phi) is 2.58. The molecule has 2 nitrogen and oxygen atoms in total. The van der Waals surface area contributed by atoms with Crippen LogP contribution in [0.3, 0.4) is 0 Å². The van der Waals surface area contributed by atoms with E-state index in [4.69, 9.17) is 0 Å². The molecule has 92 valence electrons. The van der Waals surface area contributed by atoms with Gasteiger partial charge in [-0.1, -0.05) is 37.6 Å². The van der Waals surface area contributed by atoms with E-state index >= 15 is 0 Å². The highest BCUT2D eigenvalue weighted by Gasteiger charge is 2.33. The van der Waals surface area contributed by atoms with Crippen molar-refractivity contribution >= 4 is 0 Å². The van der Waals surface area contributed by atoms with E-state index in [1.54, 1.807) is 6.20 Å². The summed E-state index contributed by atoms with van der Waals surface area (Å²) in [6.07, 6.45) is 5.48. The molecule has 1 aromatic heterocycles. The first-order valence-electron chi connectivity index (χ1n) is 6.48. The van der Waals surface area contributed by atoms with Crippen LogP contribution in [0, 0.1) is 0 Å². The molecule has 2 heteroatoms. The fourth-order valence-corrected chi connectivity index (χ4v) is 2.71. The third kappa shape index (κ3) is 1.78. The van der Waals surface area contributed by atoms with Gasteiger partial charge in [-0.2, -0.15) is 0 Å². The number of hydrogen-bond donors (Lipinski definition) is 1. The van der Waals surface area contributed by atoms with Crippen molar-refractivity contribution in [3.63, 3.8) is 0 Å². The van der Waals surface area contributed by atoms with Gasteiger partial charge in [0.2, 0.25) is 0 Å². The van der Waals surface area contributed by atoms with Crippen LogP contribution in [0.15, 0.2) is 47.4 Å². The van der Waals surface area contributed by atoms with Gasteiger partial charge >= 0.3 is 0 Å². The second-order valence-electron chi connectivity index (χ2n) is 5.41. The lowest BCUT2D eigenvalue weighted by Crippen LogP contribution is -2.30. The Morgan fingerprint density at radius 1 is 1.17 bits per heavy atom. The average molecular weight is 239 g/mol. The van der Waals surface area contributed by atoms with Gasteiger partial charge in [0.25, 0.3) is 5.56 Å². The minimum Gasteiger partial charge on any atom is -0.329 e. The van der Waals surface area contributed by atoms with Gasteiger partial charge in [-0.15, -0.1) is 0 Å². The highest BCUT2D eigenvalue weighted by atomic mass is 16.1. The minimum absolute atomic E-state index is 0.0200. The van der Waals surface area contributed by atoms with Crippen molar-refractivity contribution in [3.05, 3.63) is 58.5 Å². The molecule has 0 spiro atoms. The smallest absolute Gasteiger partial charge is 0.255 e. The van der Waals surface area contributed by atoms with Gasteiger partial charge in [-0.05, 0) is 41.5 Å². The number of benzene rings is 1. The van der Waals surface area contributed by atoms with Crippen molar-refractivity contribution in [2.45, 2.75) is 31.6 Å². The van der Waals surface area contributed by atoms with Crippen molar-refractivity contribution in [2.24, 2.45) is 0 Å². The third-order valence-electron chi connectivity index (χ3n) is 4.15. The van der Waals surface area contributed by atoms with Crippen LogP contribution in [0.1, 0.15) is 31.7 Å². The topological polar surface area (TPSA) is 32.9 Å². The van der Waals surface area contributed by atoms with Crippen LogP contribution < -0.4 is 5.56 Å². The molecule has 2 aromatic rings. The van der Waals surface area contributed by atoms with Crippen molar-refractivity contribution in [1.29, 1.82) is 0 Å². The summed E-state index contributed by atoms with van der Waals surface area (Å²) in [6.45, 7) is 2.31. The van der Waals surface area contributed by atoms with E-state index < -0.39 is 0 Å². The number of aromatic amines is 1. The zero-order valence-corrected chi connectivity index (χ0v) is 10.6.